The Balaban J connectivity index is 0.000000120. The van der Waals surface area contributed by atoms with E-state index in [4.69, 9.17) is 21.1 Å². The van der Waals surface area contributed by atoms with E-state index >= 15 is 0 Å². The van der Waals surface area contributed by atoms with Gasteiger partial charge in [0.25, 0.3) is 0 Å². The van der Waals surface area contributed by atoms with Gasteiger partial charge in [-0.1, -0.05) is 11.6 Å². The zero-order valence-electron chi connectivity index (χ0n) is 6.32. The van der Waals surface area contributed by atoms with Crippen LogP contribution in [0.3, 0.4) is 0 Å². The minimum absolute atomic E-state index is 0.204. The summed E-state index contributed by atoms with van der Waals surface area (Å²) < 4.78 is 18.0. The number of hydrogen-bond acceptors (Lipinski definition) is 5. The van der Waals surface area contributed by atoms with Crippen LogP contribution in [0.25, 0.3) is 0 Å². The Kier molecular flexibility index (Phi) is 4.13. The largest absolute Gasteiger partial charge is 0.508 e. The molecule has 6 heteroatoms. The topological polar surface area (TPSA) is 54.0 Å². The molecule has 0 amide bonds. The van der Waals surface area contributed by atoms with Gasteiger partial charge >= 0.3 is 6.16 Å². The average molecular weight is 197 g/mol. The molecule has 0 aromatic heterocycles. The predicted octanol–water partition coefficient (Wildman–Crippen LogP) is 0.709. The number of cyclic esters (lactones) is 2. The smallest absolute Gasteiger partial charge is 0.431 e. The first-order valence-corrected chi connectivity index (χ1v) is 3.85. The molecule has 1 atom stereocenters. The summed E-state index contributed by atoms with van der Waals surface area (Å²) in [4.78, 5) is 9.80. The molecule has 0 saturated carbocycles. The molecule has 2 fully saturated rings. The highest BCUT2D eigenvalue weighted by atomic mass is 35.5. The Morgan fingerprint density at radius 3 is 2.17 bits per heavy atom. The van der Waals surface area contributed by atoms with E-state index in [-0.39, 0.29) is 5.56 Å². The first-order chi connectivity index (χ1) is 5.79. The highest BCUT2D eigenvalue weighted by Crippen LogP contribution is 2.04. The van der Waals surface area contributed by atoms with Crippen LogP contribution in [-0.4, -0.2) is 38.3 Å². The van der Waals surface area contributed by atoms with Gasteiger partial charge in [0, 0.05) is 0 Å². The highest BCUT2D eigenvalue weighted by molar-refractivity contribution is 6.19. The lowest BCUT2D eigenvalue weighted by Crippen LogP contribution is -1.95. The van der Waals surface area contributed by atoms with Crippen molar-refractivity contribution in [1.29, 1.82) is 0 Å². The van der Waals surface area contributed by atoms with Gasteiger partial charge < -0.3 is 18.9 Å². The number of hydrogen-bond donors (Lipinski definition) is 0. The molecule has 0 aliphatic carbocycles. The maximum atomic E-state index is 9.80. The van der Waals surface area contributed by atoms with Crippen molar-refractivity contribution in [2.75, 3.05) is 26.6 Å². The summed E-state index contributed by atoms with van der Waals surface area (Å²) in [7, 11) is 0. The molecule has 2 aliphatic heterocycles. The minimum atomic E-state index is -0.546. The summed E-state index contributed by atoms with van der Waals surface area (Å²) in [6, 6.07) is 0. The van der Waals surface area contributed by atoms with Gasteiger partial charge in [-0.05, 0) is 0 Å². The summed E-state index contributed by atoms with van der Waals surface area (Å²) >= 11 is 5.36. The van der Waals surface area contributed by atoms with Crippen LogP contribution in [0.5, 0.6) is 0 Å². The van der Waals surface area contributed by atoms with Crippen LogP contribution >= 0.6 is 11.6 Å². The quantitative estimate of drug-likeness (QED) is 0.422. The maximum absolute atomic E-state index is 9.80. The summed E-state index contributed by atoms with van der Waals surface area (Å²) in [5.41, 5.74) is -0.204. The first-order valence-electron chi connectivity index (χ1n) is 3.42. The van der Waals surface area contributed by atoms with E-state index in [0.717, 1.165) is 0 Å². The van der Waals surface area contributed by atoms with Gasteiger partial charge in [0.2, 0.25) is 0 Å². The van der Waals surface area contributed by atoms with Crippen LogP contribution < -0.4 is 0 Å². The standard InChI is InChI=1S/C3H5ClO2.C3H4O3/c4-3-1-5-2-6-3;4-3-5-1-2-6-3/h3H,1-2H2;1-2H2. The van der Waals surface area contributed by atoms with E-state index in [9.17, 15) is 4.79 Å². The van der Waals surface area contributed by atoms with Crippen molar-refractivity contribution in [3.8, 4) is 0 Å². The lowest BCUT2D eigenvalue weighted by atomic mass is 10.8. The molecule has 0 aromatic rings. The van der Waals surface area contributed by atoms with Crippen LogP contribution in [0.15, 0.2) is 0 Å². The van der Waals surface area contributed by atoms with Crippen molar-refractivity contribution in [1.82, 2.24) is 0 Å². The molecular formula is C6H9ClO5. The van der Waals surface area contributed by atoms with E-state index in [0.29, 0.717) is 26.6 Å². The summed E-state index contributed by atoms with van der Waals surface area (Å²) in [6.07, 6.45) is -0.546. The number of carbonyl (C=O) groups excluding carboxylic acids is 1. The molecule has 1 unspecified atom stereocenters. The zero-order chi connectivity index (χ0) is 8.81. The van der Waals surface area contributed by atoms with E-state index < -0.39 is 6.16 Å². The van der Waals surface area contributed by atoms with Crippen LogP contribution in [0.1, 0.15) is 0 Å². The molecule has 2 aliphatic rings. The van der Waals surface area contributed by atoms with Crippen molar-refractivity contribution in [3.05, 3.63) is 0 Å². The molecule has 5 nitrogen and oxygen atoms in total. The second-order valence-corrected chi connectivity index (χ2v) is 2.50. The summed E-state index contributed by atoms with van der Waals surface area (Å²) in [5, 5.41) is 0. The molecule has 2 rings (SSSR count). The van der Waals surface area contributed by atoms with Crippen molar-refractivity contribution in [3.63, 3.8) is 0 Å². The van der Waals surface area contributed by atoms with E-state index in [2.05, 4.69) is 9.47 Å². The third-order valence-corrected chi connectivity index (χ3v) is 1.36. The Morgan fingerprint density at radius 1 is 1.33 bits per heavy atom. The van der Waals surface area contributed by atoms with Gasteiger partial charge in [-0.3, -0.25) is 0 Å². The van der Waals surface area contributed by atoms with Gasteiger partial charge in [0.05, 0.1) is 6.61 Å². The molecule has 2 heterocycles. The number of alkyl halides is 1. The monoisotopic (exact) mass is 196 g/mol. The Labute approximate surface area is 74.5 Å². The molecule has 0 aromatic carbocycles. The average Bonchev–Trinajstić information content (AvgIpc) is 2.63. The molecular weight excluding hydrogens is 188 g/mol. The van der Waals surface area contributed by atoms with E-state index in [1.54, 1.807) is 0 Å². The van der Waals surface area contributed by atoms with Gasteiger partial charge in [-0.15, -0.1) is 0 Å². The Morgan fingerprint density at radius 2 is 2.00 bits per heavy atom. The molecule has 0 spiro atoms. The lowest BCUT2D eigenvalue weighted by molar-refractivity contribution is 0.0629. The van der Waals surface area contributed by atoms with Crippen molar-refractivity contribution < 1.29 is 23.7 Å². The highest BCUT2D eigenvalue weighted by Gasteiger charge is 2.10. The Bertz CT molecular complexity index is 137. The van der Waals surface area contributed by atoms with Crippen LogP contribution in [0.2, 0.25) is 0 Å². The molecule has 70 valence electrons. The zero-order valence-corrected chi connectivity index (χ0v) is 7.08. The fourth-order valence-electron chi connectivity index (χ4n) is 0.602. The minimum Gasteiger partial charge on any atom is -0.431 e. The number of halogens is 1. The molecule has 0 N–H and O–H groups in total. The number of rotatable bonds is 0. The van der Waals surface area contributed by atoms with Crippen molar-refractivity contribution >= 4 is 17.8 Å². The fraction of sp³-hybridized carbons (Fsp3) is 0.833. The predicted molar refractivity (Wildman–Crippen MR) is 38.8 cm³/mol. The molecule has 2 saturated heterocycles. The SMILES string of the molecule is ClC1COCO1.O=C1OCCO1. The van der Waals surface area contributed by atoms with Crippen LogP contribution in [-0.2, 0) is 18.9 Å². The van der Waals surface area contributed by atoms with Crippen molar-refractivity contribution in [2.45, 2.75) is 5.56 Å². The first kappa shape index (κ1) is 9.57. The number of ether oxygens (including phenoxy) is 4. The normalized spacial score (nSPS) is 27.1. The summed E-state index contributed by atoms with van der Waals surface area (Å²) in [5.74, 6) is 0. The molecule has 12 heavy (non-hydrogen) atoms. The van der Waals surface area contributed by atoms with E-state index in [1.807, 2.05) is 0 Å². The second kappa shape index (κ2) is 5.18. The molecule has 0 bridgehead atoms. The van der Waals surface area contributed by atoms with Crippen molar-refractivity contribution in [2.24, 2.45) is 0 Å². The van der Waals surface area contributed by atoms with Gasteiger partial charge in [-0.25, -0.2) is 4.79 Å². The van der Waals surface area contributed by atoms with E-state index in [1.165, 1.54) is 0 Å². The lowest BCUT2D eigenvalue weighted by Gasteiger charge is -1.87. The third-order valence-electron chi connectivity index (χ3n) is 1.10. The molecule has 0 radical (unpaired) electrons. The third kappa shape index (κ3) is 3.75. The Hall–Kier alpha value is -0.520. The van der Waals surface area contributed by atoms with Crippen LogP contribution in [0.4, 0.5) is 4.79 Å². The fourth-order valence-corrected chi connectivity index (χ4v) is 0.743. The van der Waals surface area contributed by atoms with Crippen LogP contribution in [0, 0.1) is 0 Å². The second-order valence-electron chi connectivity index (χ2n) is 2.01. The van der Waals surface area contributed by atoms with Gasteiger partial charge in [0.1, 0.15) is 20.0 Å². The van der Waals surface area contributed by atoms with Gasteiger partial charge in [0.15, 0.2) is 5.56 Å². The number of carbonyl (C=O) groups is 1. The van der Waals surface area contributed by atoms with Gasteiger partial charge in [-0.2, -0.15) is 0 Å². The maximum Gasteiger partial charge on any atom is 0.508 e. The summed E-state index contributed by atoms with van der Waals surface area (Å²) in [6.45, 7) is 1.72.